The molecule has 0 saturated carbocycles. The van der Waals surface area contributed by atoms with Crippen LogP contribution in [0.2, 0.25) is 0 Å². The fourth-order valence-corrected chi connectivity index (χ4v) is 3.39. The second kappa shape index (κ2) is 6.70. The molecule has 0 bridgehead atoms. The van der Waals surface area contributed by atoms with Gasteiger partial charge in [-0.15, -0.1) is 0 Å². The standard InChI is InChI=1S/C19H24N4O2/c1-13-7-5-6-8-17(13)22-10-9-21(12-18(22)24)19(25)16(4)23-15(3)11-14(2)20-23/h5-8,11,16H,9-10,12H2,1-4H3/t16-/m0/s1. The molecule has 1 atom stereocenters. The smallest absolute Gasteiger partial charge is 0.247 e. The highest BCUT2D eigenvalue weighted by atomic mass is 16.2. The third kappa shape index (κ3) is 3.29. The molecule has 0 unspecified atom stereocenters. The van der Waals surface area contributed by atoms with E-state index in [0.29, 0.717) is 13.1 Å². The van der Waals surface area contributed by atoms with Crippen LogP contribution in [0.5, 0.6) is 0 Å². The quantitative estimate of drug-likeness (QED) is 0.861. The Morgan fingerprint density at radius 1 is 1.16 bits per heavy atom. The van der Waals surface area contributed by atoms with E-state index < -0.39 is 6.04 Å². The first-order chi connectivity index (χ1) is 11.9. The maximum Gasteiger partial charge on any atom is 0.247 e. The lowest BCUT2D eigenvalue weighted by molar-refractivity contribution is -0.139. The lowest BCUT2D eigenvalue weighted by Gasteiger charge is -2.36. The Balaban J connectivity index is 1.72. The summed E-state index contributed by atoms with van der Waals surface area (Å²) in [6, 6.07) is 9.36. The molecular weight excluding hydrogens is 316 g/mol. The van der Waals surface area contributed by atoms with Crippen molar-refractivity contribution in [3.8, 4) is 0 Å². The lowest BCUT2D eigenvalue weighted by atomic mass is 10.1. The van der Waals surface area contributed by atoms with E-state index in [-0.39, 0.29) is 18.4 Å². The van der Waals surface area contributed by atoms with Crippen LogP contribution >= 0.6 is 0 Å². The summed E-state index contributed by atoms with van der Waals surface area (Å²) in [4.78, 5) is 28.8. The number of rotatable bonds is 3. The molecule has 1 saturated heterocycles. The third-order valence-corrected chi connectivity index (χ3v) is 4.71. The van der Waals surface area contributed by atoms with Crippen molar-refractivity contribution in [1.29, 1.82) is 0 Å². The average molecular weight is 340 g/mol. The Kier molecular flexibility index (Phi) is 4.61. The summed E-state index contributed by atoms with van der Waals surface area (Å²) in [6.45, 7) is 8.82. The van der Waals surface area contributed by atoms with Crippen molar-refractivity contribution in [2.24, 2.45) is 0 Å². The summed E-state index contributed by atoms with van der Waals surface area (Å²) in [5, 5.41) is 4.39. The lowest BCUT2D eigenvalue weighted by Crippen LogP contribution is -2.53. The van der Waals surface area contributed by atoms with Crippen LogP contribution in [0, 0.1) is 20.8 Å². The van der Waals surface area contributed by atoms with Crippen LogP contribution in [0.1, 0.15) is 29.9 Å². The van der Waals surface area contributed by atoms with E-state index in [9.17, 15) is 9.59 Å². The summed E-state index contributed by atoms with van der Waals surface area (Å²) in [5.41, 5.74) is 3.82. The van der Waals surface area contributed by atoms with E-state index in [1.807, 2.05) is 58.0 Å². The number of para-hydroxylation sites is 1. The van der Waals surface area contributed by atoms with Crippen molar-refractivity contribution in [2.45, 2.75) is 33.7 Å². The Hall–Kier alpha value is -2.63. The predicted molar refractivity (Wildman–Crippen MR) is 96.5 cm³/mol. The highest BCUT2D eigenvalue weighted by Gasteiger charge is 2.31. The number of aryl methyl sites for hydroxylation is 3. The van der Waals surface area contributed by atoms with Crippen molar-refractivity contribution >= 4 is 17.5 Å². The molecule has 0 aliphatic carbocycles. The zero-order valence-electron chi connectivity index (χ0n) is 15.2. The first kappa shape index (κ1) is 17.2. The number of aromatic nitrogens is 2. The molecule has 2 heterocycles. The van der Waals surface area contributed by atoms with Gasteiger partial charge in [0.15, 0.2) is 0 Å². The number of carbonyl (C=O) groups is 2. The van der Waals surface area contributed by atoms with Gasteiger partial charge in [0.05, 0.1) is 5.69 Å². The molecule has 1 aliphatic heterocycles. The van der Waals surface area contributed by atoms with Gasteiger partial charge in [-0.05, 0) is 45.4 Å². The maximum atomic E-state index is 12.8. The highest BCUT2D eigenvalue weighted by molar-refractivity contribution is 5.98. The van der Waals surface area contributed by atoms with Gasteiger partial charge in [-0.3, -0.25) is 14.3 Å². The summed E-state index contributed by atoms with van der Waals surface area (Å²) in [5.74, 6) is -0.113. The van der Waals surface area contributed by atoms with Gasteiger partial charge in [0.1, 0.15) is 12.6 Å². The Morgan fingerprint density at radius 3 is 2.48 bits per heavy atom. The number of carbonyl (C=O) groups excluding carboxylic acids is 2. The number of amides is 2. The first-order valence-corrected chi connectivity index (χ1v) is 8.56. The maximum absolute atomic E-state index is 12.8. The molecule has 1 aromatic heterocycles. The van der Waals surface area contributed by atoms with Crippen LogP contribution in [0.15, 0.2) is 30.3 Å². The van der Waals surface area contributed by atoms with Crippen LogP contribution in [0.4, 0.5) is 5.69 Å². The normalized spacial score (nSPS) is 16.2. The summed E-state index contributed by atoms with van der Waals surface area (Å²) in [7, 11) is 0. The molecule has 1 fully saturated rings. The number of benzene rings is 1. The van der Waals surface area contributed by atoms with Crippen molar-refractivity contribution < 1.29 is 9.59 Å². The first-order valence-electron chi connectivity index (χ1n) is 8.56. The van der Waals surface area contributed by atoms with Crippen LogP contribution in [0.25, 0.3) is 0 Å². The molecule has 1 aromatic carbocycles. The van der Waals surface area contributed by atoms with Crippen LogP contribution in [-0.4, -0.2) is 46.1 Å². The van der Waals surface area contributed by atoms with E-state index in [1.54, 1.807) is 14.5 Å². The number of nitrogens with zero attached hydrogens (tertiary/aromatic N) is 4. The molecule has 25 heavy (non-hydrogen) atoms. The monoisotopic (exact) mass is 340 g/mol. The second-order valence-corrected chi connectivity index (χ2v) is 6.64. The minimum atomic E-state index is -0.411. The van der Waals surface area contributed by atoms with E-state index >= 15 is 0 Å². The SMILES string of the molecule is Cc1cc(C)n([C@@H](C)C(=O)N2CCN(c3ccccc3C)C(=O)C2)n1. The average Bonchev–Trinajstić information content (AvgIpc) is 2.92. The van der Waals surface area contributed by atoms with E-state index in [1.165, 1.54) is 0 Å². The molecule has 3 rings (SSSR count). The Morgan fingerprint density at radius 2 is 1.88 bits per heavy atom. The summed E-state index contributed by atoms with van der Waals surface area (Å²) >= 11 is 0. The van der Waals surface area contributed by atoms with Gasteiger partial charge in [0.2, 0.25) is 11.8 Å². The van der Waals surface area contributed by atoms with E-state index in [2.05, 4.69) is 5.10 Å². The largest absolute Gasteiger partial charge is 0.330 e. The van der Waals surface area contributed by atoms with Crippen molar-refractivity contribution in [3.63, 3.8) is 0 Å². The van der Waals surface area contributed by atoms with Crippen molar-refractivity contribution in [2.75, 3.05) is 24.5 Å². The number of hydrogen-bond acceptors (Lipinski definition) is 3. The molecule has 2 aromatic rings. The molecule has 6 nitrogen and oxygen atoms in total. The van der Waals surface area contributed by atoms with Crippen molar-refractivity contribution in [3.05, 3.63) is 47.3 Å². The molecule has 0 spiro atoms. The van der Waals surface area contributed by atoms with Gasteiger partial charge in [-0.2, -0.15) is 5.10 Å². The zero-order chi connectivity index (χ0) is 18.1. The van der Waals surface area contributed by atoms with Gasteiger partial charge in [0, 0.05) is 24.5 Å². The molecule has 1 aliphatic rings. The van der Waals surface area contributed by atoms with Gasteiger partial charge < -0.3 is 9.80 Å². The number of hydrogen-bond donors (Lipinski definition) is 0. The van der Waals surface area contributed by atoms with Gasteiger partial charge in [0.25, 0.3) is 0 Å². The van der Waals surface area contributed by atoms with Crippen LogP contribution in [0.3, 0.4) is 0 Å². The van der Waals surface area contributed by atoms with Crippen molar-refractivity contribution in [1.82, 2.24) is 14.7 Å². The van der Waals surface area contributed by atoms with Gasteiger partial charge >= 0.3 is 0 Å². The van der Waals surface area contributed by atoms with Gasteiger partial charge in [-0.1, -0.05) is 18.2 Å². The predicted octanol–water partition coefficient (Wildman–Crippen LogP) is 2.24. The summed E-state index contributed by atoms with van der Waals surface area (Å²) < 4.78 is 1.73. The highest BCUT2D eigenvalue weighted by Crippen LogP contribution is 2.23. The third-order valence-electron chi connectivity index (χ3n) is 4.71. The fraction of sp³-hybridized carbons (Fsp3) is 0.421. The summed E-state index contributed by atoms with van der Waals surface area (Å²) in [6.07, 6.45) is 0. The molecular formula is C19H24N4O2. The Labute approximate surface area is 148 Å². The molecule has 0 N–H and O–H groups in total. The van der Waals surface area contributed by atoms with E-state index in [0.717, 1.165) is 22.6 Å². The number of piperazine rings is 1. The molecule has 132 valence electrons. The fourth-order valence-electron chi connectivity index (χ4n) is 3.39. The molecule has 6 heteroatoms. The molecule has 0 radical (unpaired) electrons. The Bertz CT molecular complexity index is 812. The van der Waals surface area contributed by atoms with Crippen LogP contribution in [-0.2, 0) is 9.59 Å². The topological polar surface area (TPSA) is 58.4 Å². The van der Waals surface area contributed by atoms with Gasteiger partial charge in [-0.25, -0.2) is 0 Å². The van der Waals surface area contributed by atoms with Crippen LogP contribution < -0.4 is 4.90 Å². The zero-order valence-corrected chi connectivity index (χ0v) is 15.2. The second-order valence-electron chi connectivity index (χ2n) is 6.64. The minimum absolute atomic E-state index is 0.0468. The molecule has 2 amide bonds. The minimum Gasteiger partial charge on any atom is -0.330 e. The van der Waals surface area contributed by atoms with E-state index in [4.69, 9.17) is 0 Å². The number of anilines is 1.